The Morgan fingerprint density at radius 3 is 1.25 bits per heavy atom. The Morgan fingerprint density at radius 1 is 0.478 bits per heavy atom. The van der Waals surface area contributed by atoms with Gasteiger partial charge in [0.25, 0.3) is 0 Å². The number of carbonyl (C=O) groups is 1. The largest absolute Gasteiger partial charge is 0.394 e. The van der Waals surface area contributed by atoms with E-state index in [-0.39, 0.29) is 12.8 Å². The van der Waals surface area contributed by atoms with Crippen LogP contribution in [0.15, 0.2) is 0 Å². The Labute approximate surface area is 416 Å². The smallest absolute Gasteiger partial charge is 0.249 e. The summed E-state index contributed by atoms with van der Waals surface area (Å²) in [6, 6.07) is -1.31. The van der Waals surface area contributed by atoms with Gasteiger partial charge in [0.15, 0.2) is 12.6 Å². The number of aliphatic hydroxyl groups excluding tert-OH is 10. The lowest BCUT2D eigenvalue weighted by Gasteiger charge is -2.46. The van der Waals surface area contributed by atoms with Crippen molar-refractivity contribution in [2.24, 2.45) is 0 Å². The van der Waals surface area contributed by atoms with Gasteiger partial charge in [-0.1, -0.05) is 213 Å². The van der Waals surface area contributed by atoms with Crippen molar-refractivity contribution >= 4 is 5.91 Å². The van der Waals surface area contributed by atoms with Gasteiger partial charge in [-0.15, -0.1) is 0 Å². The summed E-state index contributed by atoms with van der Waals surface area (Å²) in [6.45, 7) is 2.41. The number of amides is 1. The van der Waals surface area contributed by atoms with Crippen molar-refractivity contribution in [2.45, 2.75) is 312 Å². The molecule has 0 radical (unpaired) electrons. The minimum atomic E-state index is -1.87. The number of ether oxygens (including phenoxy) is 4. The van der Waals surface area contributed by atoms with Gasteiger partial charge < -0.3 is 75.3 Å². The van der Waals surface area contributed by atoms with Crippen LogP contribution in [0.5, 0.6) is 0 Å². The van der Waals surface area contributed by atoms with Crippen LogP contribution in [0.4, 0.5) is 0 Å². The van der Waals surface area contributed by atoms with Gasteiger partial charge in [-0.05, 0) is 12.8 Å². The van der Waals surface area contributed by atoms with Crippen LogP contribution in [0, 0.1) is 0 Å². The predicted molar refractivity (Wildman–Crippen MR) is 266 cm³/mol. The molecule has 0 aromatic rings. The molecule has 16 heteroatoms. The highest BCUT2D eigenvalue weighted by molar-refractivity contribution is 5.80. The van der Waals surface area contributed by atoms with Gasteiger partial charge in [-0.3, -0.25) is 4.79 Å². The van der Waals surface area contributed by atoms with Gasteiger partial charge in [0, 0.05) is 0 Å². The molecule has 16 nitrogen and oxygen atoms in total. The van der Waals surface area contributed by atoms with E-state index in [2.05, 4.69) is 19.2 Å². The van der Waals surface area contributed by atoms with Crippen molar-refractivity contribution in [1.82, 2.24) is 5.32 Å². The number of hydrogen-bond acceptors (Lipinski definition) is 15. The Hall–Kier alpha value is -1.09. The highest BCUT2D eigenvalue weighted by atomic mass is 16.8. The van der Waals surface area contributed by atoms with Crippen molar-refractivity contribution in [1.29, 1.82) is 0 Å². The van der Waals surface area contributed by atoms with Crippen LogP contribution in [-0.2, 0) is 23.7 Å². The molecule has 410 valence electrons. The second-order valence-corrected chi connectivity index (χ2v) is 20.4. The van der Waals surface area contributed by atoms with Crippen molar-refractivity contribution < 1.29 is 74.8 Å². The third-order valence-corrected chi connectivity index (χ3v) is 14.3. The molecule has 2 aliphatic rings. The molecule has 69 heavy (non-hydrogen) atoms. The average molecular weight is 994 g/mol. The van der Waals surface area contributed by atoms with Crippen LogP contribution in [0.2, 0.25) is 0 Å². The van der Waals surface area contributed by atoms with Gasteiger partial charge >= 0.3 is 0 Å². The standard InChI is InChI=1S/C53H103NO15/c1-3-5-7-9-11-13-15-17-18-19-20-21-23-25-27-29-31-33-35-41(58)51(65)54-39(44(59)40(57)34-32-30-28-26-24-22-16-14-12-10-8-6-4-2)38-66-53-50(48(63)46(61)43(37-56)68-53)69-52-49(64)47(62)45(60)42(36-55)67-52/h39-50,52-53,55-64H,3-38H2,1-2H3,(H,54,65). The molecule has 14 atom stereocenters. The molecule has 14 unspecified atom stereocenters. The summed E-state index contributed by atoms with van der Waals surface area (Å²) in [7, 11) is 0. The normalized spacial score (nSPS) is 27.0. The first kappa shape index (κ1) is 64.0. The molecule has 2 fully saturated rings. The van der Waals surface area contributed by atoms with E-state index in [1.807, 2.05) is 0 Å². The fourth-order valence-corrected chi connectivity index (χ4v) is 9.55. The second-order valence-electron chi connectivity index (χ2n) is 20.4. The average Bonchev–Trinajstić information content (AvgIpc) is 3.35. The lowest BCUT2D eigenvalue weighted by Crippen LogP contribution is -2.65. The lowest BCUT2D eigenvalue weighted by molar-refractivity contribution is -0.368. The Morgan fingerprint density at radius 2 is 0.841 bits per heavy atom. The number of unbranched alkanes of at least 4 members (excludes halogenated alkanes) is 29. The third kappa shape index (κ3) is 26.6. The first-order chi connectivity index (χ1) is 33.4. The zero-order valence-electron chi connectivity index (χ0n) is 43.1. The van der Waals surface area contributed by atoms with E-state index in [0.29, 0.717) is 12.8 Å². The van der Waals surface area contributed by atoms with E-state index < -0.39 is 111 Å². The summed E-state index contributed by atoms with van der Waals surface area (Å²) in [4.78, 5) is 13.4. The summed E-state index contributed by atoms with van der Waals surface area (Å²) in [5, 5.41) is 109. The highest BCUT2D eigenvalue weighted by Crippen LogP contribution is 2.30. The molecular formula is C53H103NO15. The highest BCUT2D eigenvalue weighted by Gasteiger charge is 2.51. The van der Waals surface area contributed by atoms with Crippen molar-refractivity contribution in [3.05, 3.63) is 0 Å². The molecule has 2 rings (SSSR count). The monoisotopic (exact) mass is 994 g/mol. The van der Waals surface area contributed by atoms with Crippen molar-refractivity contribution in [2.75, 3.05) is 19.8 Å². The first-order valence-corrected chi connectivity index (χ1v) is 28.0. The van der Waals surface area contributed by atoms with E-state index in [1.165, 1.54) is 135 Å². The third-order valence-electron chi connectivity index (χ3n) is 14.3. The number of aliphatic hydroxyl groups is 10. The zero-order chi connectivity index (χ0) is 50.7. The summed E-state index contributed by atoms with van der Waals surface area (Å²) in [5.41, 5.74) is 0. The van der Waals surface area contributed by atoms with Crippen LogP contribution in [-0.4, -0.2) is 163 Å². The van der Waals surface area contributed by atoms with Crippen LogP contribution >= 0.6 is 0 Å². The summed E-state index contributed by atoms with van der Waals surface area (Å²) < 4.78 is 22.9. The lowest BCUT2D eigenvalue weighted by atomic mass is 9.97. The Balaban J connectivity index is 1.92. The van der Waals surface area contributed by atoms with E-state index in [0.717, 1.165) is 51.4 Å². The second kappa shape index (κ2) is 40.3. The minimum absolute atomic E-state index is 0.193. The molecule has 2 heterocycles. The number of rotatable bonds is 44. The van der Waals surface area contributed by atoms with Gasteiger partial charge in [0.2, 0.25) is 5.91 Å². The predicted octanol–water partition coefficient (Wildman–Crippen LogP) is 6.11. The molecule has 0 saturated carbocycles. The van der Waals surface area contributed by atoms with Crippen molar-refractivity contribution in [3.63, 3.8) is 0 Å². The molecule has 0 spiro atoms. The van der Waals surface area contributed by atoms with Crippen LogP contribution in [0.1, 0.15) is 226 Å². The molecule has 0 aromatic carbocycles. The maximum atomic E-state index is 13.4. The van der Waals surface area contributed by atoms with Gasteiger partial charge in [0.05, 0.1) is 32.0 Å². The molecule has 0 aliphatic carbocycles. The maximum Gasteiger partial charge on any atom is 0.249 e. The van der Waals surface area contributed by atoms with Crippen LogP contribution in [0.3, 0.4) is 0 Å². The van der Waals surface area contributed by atoms with Gasteiger partial charge in [0.1, 0.15) is 61.0 Å². The Bertz CT molecular complexity index is 1210. The quantitative estimate of drug-likeness (QED) is 0.0308. The summed E-state index contributed by atoms with van der Waals surface area (Å²) >= 11 is 0. The molecule has 2 saturated heterocycles. The molecule has 1 amide bonds. The molecular weight excluding hydrogens is 891 g/mol. The molecule has 0 aromatic heterocycles. The first-order valence-electron chi connectivity index (χ1n) is 28.0. The summed E-state index contributed by atoms with van der Waals surface area (Å²) in [5.74, 6) is -0.773. The zero-order valence-corrected chi connectivity index (χ0v) is 43.1. The number of hydrogen-bond donors (Lipinski definition) is 11. The maximum absolute atomic E-state index is 13.4. The van der Waals surface area contributed by atoms with E-state index in [9.17, 15) is 55.9 Å². The fourth-order valence-electron chi connectivity index (χ4n) is 9.55. The van der Waals surface area contributed by atoms with Gasteiger partial charge in [-0.2, -0.15) is 0 Å². The fraction of sp³-hybridized carbons (Fsp3) is 0.981. The van der Waals surface area contributed by atoms with Crippen molar-refractivity contribution in [3.8, 4) is 0 Å². The van der Waals surface area contributed by atoms with Crippen LogP contribution in [0.25, 0.3) is 0 Å². The molecule has 11 N–H and O–H groups in total. The van der Waals surface area contributed by atoms with Gasteiger partial charge in [-0.25, -0.2) is 0 Å². The van der Waals surface area contributed by atoms with E-state index in [4.69, 9.17) is 18.9 Å². The van der Waals surface area contributed by atoms with E-state index >= 15 is 0 Å². The molecule has 0 bridgehead atoms. The van der Waals surface area contributed by atoms with Crippen LogP contribution < -0.4 is 5.32 Å². The minimum Gasteiger partial charge on any atom is -0.394 e. The number of carbonyl (C=O) groups excluding carboxylic acids is 1. The Kier molecular flexibility index (Phi) is 37.4. The van der Waals surface area contributed by atoms with E-state index in [1.54, 1.807) is 0 Å². The SMILES string of the molecule is CCCCCCCCCCCCCCCCCCCCC(O)C(=O)NC(COC1OC(CO)C(O)C(O)C1OC1OC(CO)C(O)C(O)C1O)C(O)C(O)CCCCCCCCCCCCCCC. The topological polar surface area (TPSA) is 268 Å². The number of nitrogens with one attached hydrogen (secondary N) is 1. The molecule has 2 aliphatic heterocycles. The summed E-state index contributed by atoms with van der Waals surface area (Å²) in [6.07, 6.45) is 16.3.